The van der Waals surface area contributed by atoms with Gasteiger partial charge in [0.15, 0.2) is 17.8 Å². The van der Waals surface area contributed by atoms with Gasteiger partial charge in [0.05, 0.1) is 36.3 Å². The topological polar surface area (TPSA) is 164 Å². The summed E-state index contributed by atoms with van der Waals surface area (Å²) in [5.74, 6) is -2.03. The maximum absolute atomic E-state index is 14.5. The summed E-state index contributed by atoms with van der Waals surface area (Å²) in [5.41, 5.74) is -0.157. The van der Waals surface area contributed by atoms with Crippen LogP contribution in [0.2, 0.25) is 0 Å². The number of benzene rings is 3. The van der Waals surface area contributed by atoms with Crippen LogP contribution in [0.15, 0.2) is 71.6 Å². The summed E-state index contributed by atoms with van der Waals surface area (Å²) >= 11 is 0. The number of ether oxygens (including phenoxy) is 4. The van der Waals surface area contributed by atoms with E-state index in [1.807, 2.05) is 32.0 Å². The number of aliphatic hydroxyl groups is 1. The third-order valence-corrected chi connectivity index (χ3v) is 11.9. The van der Waals surface area contributed by atoms with Gasteiger partial charge in [-0.1, -0.05) is 44.2 Å². The summed E-state index contributed by atoms with van der Waals surface area (Å²) in [5, 5.41) is 25.4. The second kappa shape index (κ2) is 16.6. The highest BCUT2D eigenvalue weighted by Gasteiger charge is 2.49. The summed E-state index contributed by atoms with van der Waals surface area (Å²) < 4.78 is 79.8. The predicted octanol–water partition coefficient (Wildman–Crippen LogP) is 4.63. The Hall–Kier alpha value is -4.35. The molecule has 3 aliphatic heterocycles. The summed E-state index contributed by atoms with van der Waals surface area (Å²) in [6.45, 7) is 3.68. The number of nitrogens with one attached hydrogen (secondary N) is 1. The van der Waals surface area contributed by atoms with Gasteiger partial charge in [-0.05, 0) is 60.9 Å². The summed E-state index contributed by atoms with van der Waals surface area (Å²) in [6, 6.07) is 14.2. The standard InChI is InChI=1S/C38H45F2N3O10S/c1-38(2,12-6-13-41-35(45)25-16-26(39)18-27(40)17-25)22-42(54(48,49)28-9-10-33-34(19-28)53-23-52-33)20-32(44)30(15-24-7-4-3-5-8-24)43(37(46)47)31-21-51-36-29(31)11-14-50-36/h3-5,7-10,16-19,29-32,36,44H,6,11-15,20-23H2,1-2H3,(H,41,45)(H,46,47)/t29-,30-,31-,32+,36+/m0/s1. The molecule has 292 valence electrons. The minimum atomic E-state index is -4.34. The van der Waals surface area contributed by atoms with Crippen molar-refractivity contribution in [3.8, 4) is 11.5 Å². The van der Waals surface area contributed by atoms with Crippen LogP contribution in [-0.2, 0) is 25.9 Å². The fraction of sp³-hybridized carbons (Fsp3) is 0.474. The monoisotopic (exact) mass is 773 g/mol. The lowest BCUT2D eigenvalue weighted by atomic mass is 9.87. The highest BCUT2D eigenvalue weighted by atomic mass is 32.2. The normalized spacial score (nSPS) is 20.4. The van der Waals surface area contributed by atoms with Crippen LogP contribution in [0.1, 0.15) is 49.0 Å². The number of amides is 2. The van der Waals surface area contributed by atoms with Crippen LogP contribution in [0.4, 0.5) is 13.6 Å². The van der Waals surface area contributed by atoms with E-state index in [9.17, 15) is 37.0 Å². The van der Waals surface area contributed by atoms with E-state index in [0.717, 1.165) is 22.0 Å². The molecular weight excluding hydrogens is 728 g/mol. The van der Waals surface area contributed by atoms with Crippen molar-refractivity contribution >= 4 is 22.0 Å². The van der Waals surface area contributed by atoms with Gasteiger partial charge in [-0.3, -0.25) is 9.69 Å². The highest BCUT2D eigenvalue weighted by Crippen LogP contribution is 2.38. The van der Waals surface area contributed by atoms with E-state index in [2.05, 4.69) is 5.32 Å². The van der Waals surface area contributed by atoms with Gasteiger partial charge in [-0.25, -0.2) is 22.0 Å². The fourth-order valence-corrected chi connectivity index (χ4v) is 9.07. The molecule has 0 spiro atoms. The number of carbonyl (C=O) groups is 2. The van der Waals surface area contributed by atoms with Crippen molar-refractivity contribution in [2.75, 3.05) is 39.6 Å². The number of carboxylic acid groups (broad SMARTS) is 1. The first-order valence-corrected chi connectivity index (χ1v) is 19.3. The predicted molar refractivity (Wildman–Crippen MR) is 190 cm³/mol. The molecule has 2 fully saturated rings. The van der Waals surface area contributed by atoms with E-state index in [-0.39, 0.29) is 55.0 Å². The molecule has 2 amide bonds. The maximum atomic E-state index is 14.5. The molecule has 3 heterocycles. The number of aliphatic hydroxyl groups excluding tert-OH is 1. The lowest BCUT2D eigenvalue weighted by Gasteiger charge is -2.40. The third kappa shape index (κ3) is 9.12. The van der Waals surface area contributed by atoms with E-state index >= 15 is 0 Å². The van der Waals surface area contributed by atoms with Gasteiger partial charge in [0, 0.05) is 43.2 Å². The first-order valence-electron chi connectivity index (χ1n) is 17.8. The number of fused-ring (bicyclic) bond motifs is 2. The third-order valence-electron chi connectivity index (χ3n) is 10.1. The first-order chi connectivity index (χ1) is 25.7. The number of halogens is 2. The molecule has 0 unspecified atom stereocenters. The van der Waals surface area contributed by atoms with E-state index in [0.29, 0.717) is 37.7 Å². The average Bonchev–Trinajstić information content (AvgIpc) is 3.88. The van der Waals surface area contributed by atoms with Gasteiger partial charge in [0.1, 0.15) is 11.6 Å². The van der Waals surface area contributed by atoms with Crippen molar-refractivity contribution in [2.24, 2.45) is 11.3 Å². The minimum Gasteiger partial charge on any atom is -0.465 e. The zero-order valence-corrected chi connectivity index (χ0v) is 30.8. The van der Waals surface area contributed by atoms with Crippen LogP contribution in [0.3, 0.4) is 0 Å². The molecule has 16 heteroatoms. The van der Waals surface area contributed by atoms with Gasteiger partial charge >= 0.3 is 6.09 Å². The van der Waals surface area contributed by atoms with Crippen molar-refractivity contribution in [3.05, 3.63) is 89.5 Å². The Balaban J connectivity index is 1.25. The SMILES string of the molecule is CC(C)(CCCNC(=O)c1cc(F)cc(F)c1)CN(C[C@@H](O)[C@H](Cc1ccccc1)N(C(=O)O)[C@H]1CO[C@H]2OCC[C@H]21)S(=O)(=O)c1ccc2c(c1)OCO2. The summed E-state index contributed by atoms with van der Waals surface area (Å²) in [4.78, 5) is 26.7. The molecule has 54 heavy (non-hydrogen) atoms. The largest absolute Gasteiger partial charge is 0.465 e. The Morgan fingerprint density at radius 2 is 1.72 bits per heavy atom. The quantitative estimate of drug-likeness (QED) is 0.175. The van der Waals surface area contributed by atoms with Crippen LogP contribution < -0.4 is 14.8 Å². The number of rotatable bonds is 16. The second-order valence-corrected chi connectivity index (χ2v) is 16.5. The zero-order valence-electron chi connectivity index (χ0n) is 30.0. The Bertz CT molecular complexity index is 1900. The molecule has 3 aromatic rings. The van der Waals surface area contributed by atoms with Gasteiger partial charge in [0.2, 0.25) is 16.8 Å². The summed E-state index contributed by atoms with van der Waals surface area (Å²) in [7, 11) is -4.34. The average molecular weight is 774 g/mol. The molecule has 0 aromatic heterocycles. The number of hydrogen-bond donors (Lipinski definition) is 3. The minimum absolute atomic E-state index is 0.0660. The molecule has 2 saturated heterocycles. The molecule has 6 rings (SSSR count). The molecular formula is C38H45F2N3O10S. The van der Waals surface area contributed by atoms with Gasteiger partial charge in [-0.15, -0.1) is 0 Å². The van der Waals surface area contributed by atoms with Gasteiger partial charge in [-0.2, -0.15) is 4.31 Å². The fourth-order valence-electron chi connectivity index (χ4n) is 7.41. The van der Waals surface area contributed by atoms with Crippen LogP contribution in [0.25, 0.3) is 0 Å². The smallest absolute Gasteiger partial charge is 0.407 e. The molecule has 0 aliphatic carbocycles. The number of sulfonamides is 1. The molecule has 0 saturated carbocycles. The van der Waals surface area contributed by atoms with Crippen LogP contribution in [0.5, 0.6) is 11.5 Å². The van der Waals surface area contributed by atoms with E-state index in [1.165, 1.54) is 23.1 Å². The molecule has 3 N–H and O–H groups in total. The molecule has 0 bridgehead atoms. The van der Waals surface area contributed by atoms with E-state index < -0.39 is 70.1 Å². The molecule has 0 radical (unpaired) electrons. The number of nitrogens with zero attached hydrogens (tertiary/aromatic N) is 2. The Labute approximate surface area is 312 Å². The second-order valence-electron chi connectivity index (χ2n) is 14.6. The van der Waals surface area contributed by atoms with Crippen LogP contribution in [-0.4, -0.2) is 104 Å². The van der Waals surface area contributed by atoms with Crippen molar-refractivity contribution in [1.29, 1.82) is 0 Å². The lowest BCUT2D eigenvalue weighted by Crippen LogP contribution is -2.58. The van der Waals surface area contributed by atoms with Crippen LogP contribution >= 0.6 is 0 Å². The Kier molecular flexibility index (Phi) is 12.1. The van der Waals surface area contributed by atoms with Gasteiger partial charge < -0.3 is 34.5 Å². The van der Waals surface area contributed by atoms with E-state index in [4.69, 9.17) is 18.9 Å². The van der Waals surface area contributed by atoms with Crippen molar-refractivity contribution in [2.45, 2.75) is 68.9 Å². The van der Waals surface area contributed by atoms with Crippen molar-refractivity contribution < 1.29 is 55.9 Å². The van der Waals surface area contributed by atoms with Crippen molar-refractivity contribution in [1.82, 2.24) is 14.5 Å². The zero-order chi connectivity index (χ0) is 38.6. The molecule has 3 aliphatic rings. The maximum Gasteiger partial charge on any atom is 0.407 e. The van der Waals surface area contributed by atoms with Gasteiger partial charge in [0.25, 0.3) is 5.91 Å². The molecule has 5 atom stereocenters. The van der Waals surface area contributed by atoms with Crippen LogP contribution in [0, 0.1) is 23.0 Å². The molecule has 3 aromatic carbocycles. The van der Waals surface area contributed by atoms with E-state index in [1.54, 1.807) is 12.1 Å². The van der Waals surface area contributed by atoms with Crippen molar-refractivity contribution in [3.63, 3.8) is 0 Å². The number of carbonyl (C=O) groups excluding carboxylic acids is 1. The highest BCUT2D eigenvalue weighted by molar-refractivity contribution is 7.89. The Morgan fingerprint density at radius 1 is 1.00 bits per heavy atom. The summed E-state index contributed by atoms with van der Waals surface area (Å²) in [6.07, 6.45) is -1.88. The number of hydrogen-bond acceptors (Lipinski definition) is 9. The lowest BCUT2D eigenvalue weighted by molar-refractivity contribution is -0.0906. The molecule has 13 nitrogen and oxygen atoms in total. The Morgan fingerprint density at radius 3 is 2.44 bits per heavy atom. The first kappa shape index (κ1) is 39.3.